The van der Waals surface area contributed by atoms with Crippen molar-refractivity contribution in [1.29, 1.82) is 0 Å². The first kappa shape index (κ1) is 10.7. The number of hydrogen-bond donors (Lipinski definition) is 2. The van der Waals surface area contributed by atoms with Crippen LogP contribution in [-0.2, 0) is 11.2 Å². The summed E-state index contributed by atoms with van der Waals surface area (Å²) >= 11 is 0. The number of rotatable bonds is 3. The summed E-state index contributed by atoms with van der Waals surface area (Å²) in [5, 5.41) is 2.56. The Morgan fingerprint density at radius 3 is 2.86 bits per heavy atom. The predicted molar refractivity (Wildman–Crippen MR) is 53.5 cm³/mol. The monoisotopic (exact) mass is 196 g/mol. The minimum absolute atomic E-state index is 0.214. The van der Waals surface area contributed by atoms with Crippen molar-refractivity contribution in [3.05, 3.63) is 29.6 Å². The standard InChI is InChI=1S/C10H13FN2O/c1-7(14)13-10-6-9(11)3-2-8(10)4-5-12/h2-3,6H,4-5,12H2,1H3,(H,13,14). The molecule has 0 heterocycles. The van der Waals surface area contributed by atoms with Crippen molar-refractivity contribution >= 4 is 11.6 Å². The average molecular weight is 196 g/mol. The van der Waals surface area contributed by atoms with Gasteiger partial charge in [0, 0.05) is 12.6 Å². The van der Waals surface area contributed by atoms with E-state index in [9.17, 15) is 9.18 Å². The van der Waals surface area contributed by atoms with Crippen LogP contribution in [0, 0.1) is 5.82 Å². The number of amides is 1. The number of carbonyl (C=O) groups is 1. The third-order valence-electron chi connectivity index (χ3n) is 1.80. The number of nitrogens with two attached hydrogens (primary N) is 1. The molecular formula is C10H13FN2O. The smallest absolute Gasteiger partial charge is 0.221 e. The van der Waals surface area contributed by atoms with Crippen molar-refractivity contribution in [2.75, 3.05) is 11.9 Å². The highest BCUT2D eigenvalue weighted by Crippen LogP contribution is 2.17. The molecular weight excluding hydrogens is 183 g/mol. The van der Waals surface area contributed by atoms with E-state index in [4.69, 9.17) is 5.73 Å². The van der Waals surface area contributed by atoms with Crippen LogP contribution in [0.1, 0.15) is 12.5 Å². The van der Waals surface area contributed by atoms with Gasteiger partial charge in [0.15, 0.2) is 0 Å². The Balaban J connectivity index is 2.96. The minimum atomic E-state index is -0.366. The van der Waals surface area contributed by atoms with E-state index in [1.807, 2.05) is 0 Å². The van der Waals surface area contributed by atoms with Gasteiger partial charge >= 0.3 is 0 Å². The van der Waals surface area contributed by atoms with Crippen molar-refractivity contribution in [1.82, 2.24) is 0 Å². The van der Waals surface area contributed by atoms with Gasteiger partial charge in [-0.2, -0.15) is 0 Å². The van der Waals surface area contributed by atoms with Crippen molar-refractivity contribution in [3.63, 3.8) is 0 Å². The first-order valence-corrected chi connectivity index (χ1v) is 4.39. The molecule has 0 saturated carbocycles. The molecule has 0 aliphatic rings. The molecule has 1 amide bonds. The number of carbonyl (C=O) groups excluding carboxylic acids is 1. The Bertz CT molecular complexity index is 339. The lowest BCUT2D eigenvalue weighted by Crippen LogP contribution is -2.11. The summed E-state index contributed by atoms with van der Waals surface area (Å²) in [5.74, 6) is -0.580. The van der Waals surface area contributed by atoms with Gasteiger partial charge in [-0.05, 0) is 30.7 Å². The molecule has 3 nitrogen and oxygen atoms in total. The molecule has 0 aromatic heterocycles. The van der Waals surface area contributed by atoms with Crippen LogP contribution in [-0.4, -0.2) is 12.5 Å². The molecule has 0 atom stereocenters. The lowest BCUT2D eigenvalue weighted by Gasteiger charge is -2.08. The molecule has 1 aromatic carbocycles. The molecule has 14 heavy (non-hydrogen) atoms. The second-order valence-electron chi connectivity index (χ2n) is 3.02. The van der Waals surface area contributed by atoms with Crippen molar-refractivity contribution < 1.29 is 9.18 Å². The molecule has 0 aliphatic heterocycles. The number of hydrogen-bond acceptors (Lipinski definition) is 2. The lowest BCUT2D eigenvalue weighted by atomic mass is 10.1. The molecule has 0 saturated heterocycles. The molecule has 3 N–H and O–H groups in total. The Morgan fingerprint density at radius 1 is 1.57 bits per heavy atom. The van der Waals surface area contributed by atoms with Crippen molar-refractivity contribution in [2.45, 2.75) is 13.3 Å². The van der Waals surface area contributed by atoms with E-state index in [0.717, 1.165) is 5.56 Å². The van der Waals surface area contributed by atoms with Gasteiger partial charge in [-0.15, -0.1) is 0 Å². The Kier molecular flexibility index (Phi) is 3.59. The van der Waals surface area contributed by atoms with Gasteiger partial charge in [0.25, 0.3) is 0 Å². The highest BCUT2D eigenvalue weighted by molar-refractivity contribution is 5.89. The van der Waals surface area contributed by atoms with Gasteiger partial charge in [-0.25, -0.2) is 4.39 Å². The van der Waals surface area contributed by atoms with E-state index in [0.29, 0.717) is 18.7 Å². The van der Waals surface area contributed by atoms with Crippen molar-refractivity contribution in [3.8, 4) is 0 Å². The van der Waals surface area contributed by atoms with E-state index in [1.54, 1.807) is 6.07 Å². The SMILES string of the molecule is CC(=O)Nc1cc(F)ccc1CCN. The Morgan fingerprint density at radius 2 is 2.29 bits per heavy atom. The summed E-state index contributed by atoms with van der Waals surface area (Å²) in [6.45, 7) is 1.86. The topological polar surface area (TPSA) is 55.1 Å². The molecule has 4 heteroatoms. The Labute approximate surface area is 82.1 Å². The zero-order chi connectivity index (χ0) is 10.6. The van der Waals surface area contributed by atoms with Crippen LogP contribution >= 0.6 is 0 Å². The second kappa shape index (κ2) is 4.72. The van der Waals surface area contributed by atoms with Gasteiger partial charge in [0.1, 0.15) is 5.82 Å². The average Bonchev–Trinajstić information content (AvgIpc) is 2.09. The van der Waals surface area contributed by atoms with Gasteiger partial charge in [-0.1, -0.05) is 6.07 Å². The molecule has 0 unspecified atom stereocenters. The van der Waals surface area contributed by atoms with Gasteiger partial charge < -0.3 is 11.1 Å². The molecule has 0 bridgehead atoms. The van der Waals surface area contributed by atoms with Gasteiger partial charge in [0.2, 0.25) is 5.91 Å². The first-order valence-electron chi connectivity index (χ1n) is 4.39. The van der Waals surface area contributed by atoms with E-state index >= 15 is 0 Å². The van der Waals surface area contributed by atoms with Crippen LogP contribution in [0.25, 0.3) is 0 Å². The third kappa shape index (κ3) is 2.81. The highest BCUT2D eigenvalue weighted by Gasteiger charge is 2.04. The van der Waals surface area contributed by atoms with E-state index in [2.05, 4.69) is 5.32 Å². The fourth-order valence-corrected chi connectivity index (χ4v) is 1.23. The summed E-state index contributed by atoms with van der Waals surface area (Å²) in [7, 11) is 0. The summed E-state index contributed by atoms with van der Waals surface area (Å²) in [6, 6.07) is 4.29. The van der Waals surface area contributed by atoms with Crippen LogP contribution in [0.3, 0.4) is 0 Å². The molecule has 1 rings (SSSR count). The Hall–Kier alpha value is -1.42. The van der Waals surface area contributed by atoms with Crippen LogP contribution < -0.4 is 11.1 Å². The van der Waals surface area contributed by atoms with E-state index in [-0.39, 0.29) is 11.7 Å². The number of anilines is 1. The first-order chi connectivity index (χ1) is 6.63. The maximum absolute atomic E-state index is 12.9. The second-order valence-corrected chi connectivity index (χ2v) is 3.02. The number of nitrogens with one attached hydrogen (secondary N) is 1. The van der Waals surface area contributed by atoms with Crippen molar-refractivity contribution in [2.24, 2.45) is 5.73 Å². The van der Waals surface area contributed by atoms with Crippen LogP contribution in [0.4, 0.5) is 10.1 Å². The molecule has 0 radical (unpaired) electrons. The molecule has 0 fully saturated rings. The number of benzene rings is 1. The van der Waals surface area contributed by atoms with Gasteiger partial charge in [0.05, 0.1) is 0 Å². The normalized spacial score (nSPS) is 9.93. The molecule has 0 aliphatic carbocycles. The van der Waals surface area contributed by atoms with Crippen LogP contribution in [0.2, 0.25) is 0 Å². The lowest BCUT2D eigenvalue weighted by molar-refractivity contribution is -0.114. The van der Waals surface area contributed by atoms with E-state index < -0.39 is 0 Å². The molecule has 1 aromatic rings. The molecule has 76 valence electrons. The fraction of sp³-hybridized carbons (Fsp3) is 0.300. The molecule has 0 spiro atoms. The number of halogens is 1. The predicted octanol–water partition coefficient (Wildman–Crippen LogP) is 1.29. The minimum Gasteiger partial charge on any atom is -0.330 e. The maximum Gasteiger partial charge on any atom is 0.221 e. The maximum atomic E-state index is 12.9. The third-order valence-corrected chi connectivity index (χ3v) is 1.80. The summed E-state index contributed by atoms with van der Waals surface area (Å²) < 4.78 is 12.9. The zero-order valence-corrected chi connectivity index (χ0v) is 8.01. The van der Waals surface area contributed by atoms with Gasteiger partial charge in [-0.3, -0.25) is 4.79 Å². The highest BCUT2D eigenvalue weighted by atomic mass is 19.1. The van der Waals surface area contributed by atoms with Crippen LogP contribution in [0.5, 0.6) is 0 Å². The fourth-order valence-electron chi connectivity index (χ4n) is 1.23. The quantitative estimate of drug-likeness (QED) is 0.765. The summed E-state index contributed by atoms with van der Waals surface area (Å²) in [5.41, 5.74) is 6.75. The summed E-state index contributed by atoms with van der Waals surface area (Å²) in [6.07, 6.45) is 0.621. The van der Waals surface area contributed by atoms with E-state index in [1.165, 1.54) is 19.1 Å². The zero-order valence-electron chi connectivity index (χ0n) is 8.01. The summed E-state index contributed by atoms with van der Waals surface area (Å²) in [4.78, 5) is 10.8. The largest absolute Gasteiger partial charge is 0.330 e. The van der Waals surface area contributed by atoms with Crippen LogP contribution in [0.15, 0.2) is 18.2 Å².